The Kier molecular flexibility index (Phi) is 14.9. The van der Waals surface area contributed by atoms with E-state index in [0.717, 1.165) is 0 Å². The van der Waals surface area contributed by atoms with Gasteiger partial charge in [-0.05, 0) is 33.1 Å². The van der Waals surface area contributed by atoms with Crippen molar-refractivity contribution >= 4 is 41.6 Å². The second-order valence-electron chi connectivity index (χ2n) is 9.88. The third-order valence-electron chi connectivity index (χ3n) is 6.71. The Morgan fingerprint density at radius 1 is 1.08 bits per heavy atom. The summed E-state index contributed by atoms with van der Waals surface area (Å²) < 4.78 is 4.94. The van der Waals surface area contributed by atoms with Gasteiger partial charge in [-0.3, -0.25) is 34.2 Å². The highest BCUT2D eigenvalue weighted by Gasteiger charge is 2.37. The molecule has 39 heavy (non-hydrogen) atoms. The van der Waals surface area contributed by atoms with Crippen LogP contribution >= 0.6 is 0 Å². The summed E-state index contributed by atoms with van der Waals surface area (Å²) in [5.41, 5.74) is 5.34. The van der Waals surface area contributed by atoms with Gasteiger partial charge in [-0.2, -0.15) is 0 Å². The van der Waals surface area contributed by atoms with Crippen molar-refractivity contribution < 1.29 is 38.6 Å². The van der Waals surface area contributed by atoms with Crippen LogP contribution in [0.1, 0.15) is 85.0 Å². The second kappa shape index (κ2) is 17.3. The topological polar surface area (TPSA) is 209 Å². The van der Waals surface area contributed by atoms with Gasteiger partial charge in [-0.15, -0.1) is 0 Å². The average molecular weight is 554 g/mol. The Hall–Kier alpha value is -3.35. The predicted octanol–water partition coefficient (Wildman–Crippen LogP) is 0.309. The van der Waals surface area contributed by atoms with Gasteiger partial charge in [0.15, 0.2) is 17.8 Å². The lowest BCUT2D eigenvalue weighted by Crippen LogP contribution is -2.46. The molecule has 0 aromatic rings. The molecule has 5 atom stereocenters. The first-order valence-corrected chi connectivity index (χ1v) is 13.5. The summed E-state index contributed by atoms with van der Waals surface area (Å²) in [5, 5.41) is 22.6. The highest BCUT2D eigenvalue weighted by atomic mass is 16.5. The maximum atomic E-state index is 13.0. The van der Waals surface area contributed by atoms with Crippen LogP contribution in [0.4, 0.5) is 0 Å². The summed E-state index contributed by atoms with van der Waals surface area (Å²) in [5.74, 6) is -3.14. The van der Waals surface area contributed by atoms with Crippen LogP contribution in [0.2, 0.25) is 0 Å². The van der Waals surface area contributed by atoms with Gasteiger partial charge < -0.3 is 31.1 Å². The number of nitrogens with one attached hydrogen (secondary N) is 3. The number of carbonyl (C=O) groups excluding carboxylic acids is 6. The molecule has 1 rings (SSSR count). The van der Waals surface area contributed by atoms with E-state index in [4.69, 9.17) is 15.9 Å². The molecule has 13 nitrogen and oxygen atoms in total. The van der Waals surface area contributed by atoms with Crippen molar-refractivity contribution in [2.45, 2.75) is 109 Å². The van der Waals surface area contributed by atoms with Crippen LogP contribution in [0, 0.1) is 11.3 Å². The molecule has 0 aromatic heterocycles. The number of ketones is 2. The number of unbranched alkanes of at least 4 members (excludes halogenated alkanes) is 1. The molecule has 1 aliphatic heterocycles. The number of carbonyl (C=O) groups is 6. The smallest absolute Gasteiger partial charge is 0.295 e. The summed E-state index contributed by atoms with van der Waals surface area (Å²) in [6, 6.07) is -1.73. The molecule has 1 aliphatic rings. The number of aliphatic hydroxyl groups is 1. The highest BCUT2D eigenvalue weighted by Crippen LogP contribution is 2.23. The molecule has 13 heteroatoms. The summed E-state index contributed by atoms with van der Waals surface area (Å²) in [7, 11) is 0. The normalized spacial score (nSPS) is 17.8. The maximum absolute atomic E-state index is 13.0. The second-order valence-corrected chi connectivity index (χ2v) is 9.88. The zero-order valence-corrected chi connectivity index (χ0v) is 23.1. The van der Waals surface area contributed by atoms with Gasteiger partial charge in [0.25, 0.3) is 6.47 Å². The number of likely N-dealkylation sites (tertiary alicyclic amines) is 1. The van der Waals surface area contributed by atoms with Crippen molar-refractivity contribution in [3.8, 4) is 0 Å². The molecule has 1 heterocycles. The highest BCUT2D eigenvalue weighted by molar-refractivity contribution is 5.94. The standard InChI is InChI=1S/C26H43N5O8/c1-4-23(36)30-19(8-5-6-9-22(27)28)20(34)11-12-24(37)29-16(2)21(35)14-18(17(3)33)26(38)31-13-7-10-25(31)39-15-32/h15-19,25,33H,4-14H2,1-3H3,(H3,27,28)(H,29,37)(H,30,36). The Labute approximate surface area is 229 Å². The monoisotopic (exact) mass is 553 g/mol. The lowest BCUT2D eigenvalue weighted by Gasteiger charge is -2.29. The van der Waals surface area contributed by atoms with Crippen molar-refractivity contribution in [3.63, 3.8) is 0 Å². The number of Topliss-reactive ketones (excluding diaryl/α,β-unsaturated/α-hetero) is 2. The number of ether oxygens (including phenoxy) is 1. The SMILES string of the molecule is CCC(=O)NC(CCCCC(=N)N)C(=O)CCC(=O)NC(C)C(=O)CC(C(=O)N1CCCC1OC=O)C(C)O. The first-order valence-electron chi connectivity index (χ1n) is 13.5. The van der Waals surface area contributed by atoms with Crippen LogP contribution < -0.4 is 16.4 Å². The van der Waals surface area contributed by atoms with Crippen molar-refractivity contribution in [2.75, 3.05) is 6.54 Å². The van der Waals surface area contributed by atoms with Gasteiger partial charge in [-0.1, -0.05) is 13.3 Å². The Bertz CT molecular complexity index is 894. The fourth-order valence-electron chi connectivity index (χ4n) is 4.34. The minimum absolute atomic E-state index is 0.0482. The van der Waals surface area contributed by atoms with Crippen molar-refractivity contribution in [3.05, 3.63) is 0 Å². The molecule has 0 aliphatic carbocycles. The summed E-state index contributed by atoms with van der Waals surface area (Å²) in [6.07, 6.45) is 0.668. The number of nitrogens with two attached hydrogens (primary N) is 1. The first kappa shape index (κ1) is 33.7. The fourth-order valence-corrected chi connectivity index (χ4v) is 4.34. The van der Waals surface area contributed by atoms with Crippen LogP contribution in [0.3, 0.4) is 0 Å². The summed E-state index contributed by atoms with van der Waals surface area (Å²) in [4.78, 5) is 74.8. The van der Waals surface area contributed by atoms with E-state index in [9.17, 15) is 33.9 Å². The molecule has 5 unspecified atom stereocenters. The van der Waals surface area contributed by atoms with Gasteiger partial charge in [-0.25, -0.2) is 0 Å². The number of amides is 3. The molecule has 220 valence electrons. The third kappa shape index (κ3) is 11.9. The van der Waals surface area contributed by atoms with E-state index in [1.807, 2.05) is 0 Å². The number of hydrogen-bond donors (Lipinski definition) is 5. The quantitative estimate of drug-likeness (QED) is 0.0644. The Balaban J connectivity index is 2.64. The molecule has 0 radical (unpaired) electrons. The van der Waals surface area contributed by atoms with Crippen molar-refractivity contribution in [1.82, 2.24) is 15.5 Å². The molecule has 0 spiro atoms. The molecular formula is C26H43N5O8. The first-order chi connectivity index (χ1) is 18.4. The molecule has 3 amide bonds. The third-order valence-corrected chi connectivity index (χ3v) is 6.71. The minimum atomic E-state index is -1.15. The molecule has 1 saturated heterocycles. The van der Waals surface area contributed by atoms with Crippen LogP contribution in [-0.2, 0) is 33.5 Å². The molecule has 6 N–H and O–H groups in total. The molecular weight excluding hydrogens is 510 g/mol. The van der Waals surface area contributed by atoms with Crippen LogP contribution in [-0.4, -0.2) is 82.6 Å². The number of rotatable bonds is 19. The lowest BCUT2D eigenvalue weighted by molar-refractivity contribution is -0.156. The minimum Gasteiger partial charge on any atom is -0.444 e. The Morgan fingerprint density at radius 3 is 2.36 bits per heavy atom. The van der Waals surface area contributed by atoms with Crippen LogP contribution in [0.5, 0.6) is 0 Å². The zero-order valence-electron chi connectivity index (χ0n) is 23.1. The van der Waals surface area contributed by atoms with Gasteiger partial charge >= 0.3 is 0 Å². The van der Waals surface area contributed by atoms with Crippen molar-refractivity contribution in [2.24, 2.45) is 11.7 Å². The van der Waals surface area contributed by atoms with Crippen LogP contribution in [0.15, 0.2) is 0 Å². The van der Waals surface area contributed by atoms with E-state index in [1.54, 1.807) is 6.92 Å². The molecule has 0 aromatic carbocycles. The largest absolute Gasteiger partial charge is 0.444 e. The van der Waals surface area contributed by atoms with E-state index < -0.39 is 47.9 Å². The molecule has 0 saturated carbocycles. The van der Waals surface area contributed by atoms with Gasteiger partial charge in [0, 0.05) is 45.1 Å². The van der Waals surface area contributed by atoms with E-state index in [1.165, 1.54) is 18.7 Å². The fraction of sp³-hybridized carbons (Fsp3) is 0.731. The van der Waals surface area contributed by atoms with E-state index in [-0.39, 0.29) is 49.7 Å². The van der Waals surface area contributed by atoms with Crippen molar-refractivity contribution in [1.29, 1.82) is 5.41 Å². The van der Waals surface area contributed by atoms with E-state index in [2.05, 4.69) is 10.6 Å². The van der Waals surface area contributed by atoms with Gasteiger partial charge in [0.1, 0.15) is 0 Å². The summed E-state index contributed by atoms with van der Waals surface area (Å²) in [6.45, 7) is 5.11. The van der Waals surface area contributed by atoms with Gasteiger partial charge in [0.2, 0.25) is 17.7 Å². The Morgan fingerprint density at radius 2 is 1.77 bits per heavy atom. The molecule has 0 bridgehead atoms. The van der Waals surface area contributed by atoms with Gasteiger partial charge in [0.05, 0.1) is 29.9 Å². The predicted molar refractivity (Wildman–Crippen MR) is 141 cm³/mol. The summed E-state index contributed by atoms with van der Waals surface area (Å²) >= 11 is 0. The maximum Gasteiger partial charge on any atom is 0.295 e. The number of nitrogens with zero attached hydrogens (tertiary/aromatic N) is 1. The van der Waals surface area contributed by atoms with Crippen LogP contribution in [0.25, 0.3) is 0 Å². The lowest BCUT2D eigenvalue weighted by atomic mass is 9.93. The van der Waals surface area contributed by atoms with E-state index >= 15 is 0 Å². The van der Waals surface area contributed by atoms with E-state index in [0.29, 0.717) is 45.1 Å². The molecule has 1 fully saturated rings. The average Bonchev–Trinajstić information content (AvgIpc) is 3.34. The number of hydrogen-bond acceptors (Lipinski definition) is 9. The zero-order chi connectivity index (χ0) is 29.5. The number of aliphatic hydroxyl groups excluding tert-OH is 1. The number of amidine groups is 1.